The highest BCUT2D eigenvalue weighted by atomic mass is 32.2. The average Bonchev–Trinajstić information content (AvgIpc) is 2.88. The van der Waals surface area contributed by atoms with Gasteiger partial charge in [-0.05, 0) is 31.9 Å². The van der Waals surface area contributed by atoms with E-state index in [1.54, 1.807) is 24.3 Å². The molecule has 0 aliphatic carbocycles. The number of anilines is 1. The lowest BCUT2D eigenvalue weighted by Gasteiger charge is -2.21. The monoisotopic (exact) mass is 310 g/mol. The summed E-state index contributed by atoms with van der Waals surface area (Å²) in [7, 11) is -3.41. The molecule has 7 heteroatoms. The van der Waals surface area contributed by atoms with Gasteiger partial charge in [0.2, 0.25) is 15.9 Å². The smallest absolute Gasteiger partial charge is 0.242 e. The summed E-state index contributed by atoms with van der Waals surface area (Å²) in [6, 6.07) is 5.98. The second kappa shape index (κ2) is 5.95. The molecule has 0 aromatic heterocycles. The van der Waals surface area contributed by atoms with Crippen LogP contribution in [0, 0.1) is 0 Å². The van der Waals surface area contributed by atoms with Gasteiger partial charge in [0, 0.05) is 12.1 Å². The van der Waals surface area contributed by atoms with Crippen molar-refractivity contribution >= 4 is 27.4 Å². The number of sulfonamides is 1. The molecule has 1 aliphatic rings. The number of hydrogen-bond donors (Lipinski definition) is 1. The van der Waals surface area contributed by atoms with Crippen LogP contribution in [0.3, 0.4) is 0 Å². The number of benzene rings is 1. The van der Waals surface area contributed by atoms with Gasteiger partial charge < -0.3 is 5.32 Å². The van der Waals surface area contributed by atoms with Crippen LogP contribution in [0.15, 0.2) is 24.3 Å². The first kappa shape index (κ1) is 15.7. The summed E-state index contributed by atoms with van der Waals surface area (Å²) in [6.07, 6.45) is 2.24. The Kier molecular flexibility index (Phi) is 4.43. The average molecular weight is 310 g/mol. The molecule has 1 aromatic carbocycles. The highest BCUT2D eigenvalue weighted by Crippen LogP contribution is 2.23. The summed E-state index contributed by atoms with van der Waals surface area (Å²) in [6.45, 7) is 1.77. The van der Waals surface area contributed by atoms with E-state index in [1.165, 1.54) is 11.2 Å². The van der Waals surface area contributed by atoms with E-state index in [0.717, 1.165) is 6.26 Å². The summed E-state index contributed by atoms with van der Waals surface area (Å²) in [5.74, 6) is -0.552. The van der Waals surface area contributed by atoms with Crippen LogP contribution in [0.1, 0.15) is 30.1 Å². The number of para-hydroxylation sites is 1. The van der Waals surface area contributed by atoms with Gasteiger partial charge in [-0.3, -0.25) is 9.59 Å². The van der Waals surface area contributed by atoms with E-state index in [9.17, 15) is 18.0 Å². The van der Waals surface area contributed by atoms with Crippen molar-refractivity contribution in [1.82, 2.24) is 4.31 Å². The third-order valence-electron chi connectivity index (χ3n) is 3.50. The Balaban J connectivity index is 2.21. The maximum atomic E-state index is 12.3. The van der Waals surface area contributed by atoms with Crippen molar-refractivity contribution in [2.24, 2.45) is 0 Å². The first-order valence-corrected chi connectivity index (χ1v) is 8.53. The molecule has 2 rings (SSSR count). The number of carbonyl (C=O) groups is 2. The maximum Gasteiger partial charge on any atom is 0.242 e. The number of rotatable bonds is 4. The Hall–Kier alpha value is -1.73. The number of amides is 1. The van der Waals surface area contributed by atoms with E-state index < -0.39 is 22.0 Å². The normalized spacial score (nSPS) is 19.4. The van der Waals surface area contributed by atoms with Gasteiger partial charge in [0.05, 0.1) is 11.9 Å². The minimum atomic E-state index is -3.41. The molecular weight excluding hydrogens is 292 g/mol. The highest BCUT2D eigenvalue weighted by molar-refractivity contribution is 7.88. The van der Waals surface area contributed by atoms with Gasteiger partial charge >= 0.3 is 0 Å². The molecule has 1 amide bonds. The van der Waals surface area contributed by atoms with E-state index in [-0.39, 0.29) is 5.78 Å². The van der Waals surface area contributed by atoms with E-state index in [0.29, 0.717) is 30.6 Å². The summed E-state index contributed by atoms with van der Waals surface area (Å²) in [5, 5.41) is 2.67. The molecule has 0 saturated carbocycles. The SMILES string of the molecule is CC(=O)c1ccccc1NC(=O)C1CCCN1S(C)(=O)=O. The number of nitrogens with zero attached hydrogens (tertiary/aromatic N) is 1. The number of ketones is 1. The Morgan fingerprint density at radius 2 is 1.95 bits per heavy atom. The van der Waals surface area contributed by atoms with Crippen LogP contribution in [-0.4, -0.2) is 43.3 Å². The summed E-state index contributed by atoms with van der Waals surface area (Å²) in [5.41, 5.74) is 0.824. The molecule has 1 aromatic rings. The maximum absolute atomic E-state index is 12.3. The van der Waals surface area contributed by atoms with Crippen molar-refractivity contribution in [2.75, 3.05) is 18.1 Å². The van der Waals surface area contributed by atoms with Crippen molar-refractivity contribution < 1.29 is 18.0 Å². The summed E-state index contributed by atoms with van der Waals surface area (Å²) < 4.78 is 24.5. The number of nitrogens with one attached hydrogen (secondary N) is 1. The second-order valence-corrected chi connectivity index (χ2v) is 7.06. The zero-order chi connectivity index (χ0) is 15.6. The molecule has 1 atom stereocenters. The van der Waals surface area contributed by atoms with Crippen LogP contribution < -0.4 is 5.32 Å². The van der Waals surface area contributed by atoms with Gasteiger partial charge in [-0.1, -0.05) is 12.1 Å². The third kappa shape index (κ3) is 3.48. The van der Waals surface area contributed by atoms with E-state index in [2.05, 4.69) is 5.32 Å². The van der Waals surface area contributed by atoms with Crippen LogP contribution in [0.5, 0.6) is 0 Å². The van der Waals surface area contributed by atoms with Gasteiger partial charge in [-0.25, -0.2) is 8.42 Å². The van der Waals surface area contributed by atoms with Gasteiger partial charge in [-0.2, -0.15) is 4.31 Å². The molecule has 1 heterocycles. The Bertz CT molecular complexity index is 669. The number of hydrogen-bond acceptors (Lipinski definition) is 4. The Labute approximate surface area is 124 Å². The fraction of sp³-hybridized carbons (Fsp3) is 0.429. The predicted molar refractivity (Wildman–Crippen MR) is 79.6 cm³/mol. The predicted octanol–water partition coefficient (Wildman–Crippen LogP) is 1.25. The van der Waals surface area contributed by atoms with Gasteiger partial charge in [-0.15, -0.1) is 0 Å². The Morgan fingerprint density at radius 3 is 2.57 bits per heavy atom. The molecule has 1 fully saturated rings. The quantitative estimate of drug-likeness (QED) is 0.848. The highest BCUT2D eigenvalue weighted by Gasteiger charge is 2.36. The summed E-state index contributed by atoms with van der Waals surface area (Å²) >= 11 is 0. The van der Waals surface area contributed by atoms with Crippen LogP contribution in [0.25, 0.3) is 0 Å². The lowest BCUT2D eigenvalue weighted by molar-refractivity contribution is -0.119. The van der Waals surface area contributed by atoms with Crippen LogP contribution in [-0.2, 0) is 14.8 Å². The van der Waals surface area contributed by atoms with E-state index in [4.69, 9.17) is 0 Å². The van der Waals surface area contributed by atoms with Crippen LogP contribution >= 0.6 is 0 Å². The second-order valence-electron chi connectivity index (χ2n) is 5.12. The van der Waals surface area contributed by atoms with E-state index >= 15 is 0 Å². The fourth-order valence-electron chi connectivity index (χ4n) is 2.51. The van der Waals surface area contributed by atoms with Crippen molar-refractivity contribution in [1.29, 1.82) is 0 Å². The molecule has 0 radical (unpaired) electrons. The zero-order valence-electron chi connectivity index (χ0n) is 12.0. The topological polar surface area (TPSA) is 83.6 Å². The molecule has 114 valence electrons. The molecule has 1 saturated heterocycles. The zero-order valence-corrected chi connectivity index (χ0v) is 12.8. The van der Waals surface area contributed by atoms with Gasteiger partial charge in [0.15, 0.2) is 5.78 Å². The molecule has 6 nitrogen and oxygen atoms in total. The van der Waals surface area contributed by atoms with Crippen molar-refractivity contribution in [2.45, 2.75) is 25.8 Å². The summed E-state index contributed by atoms with van der Waals surface area (Å²) in [4.78, 5) is 23.9. The van der Waals surface area contributed by atoms with Crippen molar-refractivity contribution in [3.05, 3.63) is 29.8 Å². The van der Waals surface area contributed by atoms with Gasteiger partial charge in [0.1, 0.15) is 6.04 Å². The molecule has 0 bridgehead atoms. The molecule has 21 heavy (non-hydrogen) atoms. The third-order valence-corrected chi connectivity index (χ3v) is 4.79. The minimum Gasteiger partial charge on any atom is -0.324 e. The van der Waals surface area contributed by atoms with Crippen molar-refractivity contribution in [3.8, 4) is 0 Å². The first-order valence-electron chi connectivity index (χ1n) is 6.68. The number of Topliss-reactive ketones (excluding diaryl/α,β-unsaturated/α-hetero) is 1. The standard InChI is InChI=1S/C14H18N2O4S/c1-10(17)11-6-3-4-7-12(11)15-14(18)13-8-5-9-16(13)21(2,19)20/h3-4,6-7,13H,5,8-9H2,1-2H3,(H,15,18). The molecule has 1 unspecified atom stereocenters. The lowest BCUT2D eigenvalue weighted by Crippen LogP contribution is -2.42. The molecule has 1 N–H and O–H groups in total. The van der Waals surface area contributed by atoms with Crippen LogP contribution in [0.2, 0.25) is 0 Å². The van der Waals surface area contributed by atoms with E-state index in [1.807, 2.05) is 0 Å². The van der Waals surface area contributed by atoms with Gasteiger partial charge in [0.25, 0.3) is 0 Å². The minimum absolute atomic E-state index is 0.155. The fourth-order valence-corrected chi connectivity index (χ4v) is 3.64. The lowest BCUT2D eigenvalue weighted by atomic mass is 10.1. The molecule has 0 spiro atoms. The Morgan fingerprint density at radius 1 is 1.29 bits per heavy atom. The first-order chi connectivity index (χ1) is 9.80. The van der Waals surface area contributed by atoms with Crippen LogP contribution in [0.4, 0.5) is 5.69 Å². The molecule has 1 aliphatic heterocycles. The number of carbonyl (C=O) groups excluding carboxylic acids is 2. The molecular formula is C14H18N2O4S. The largest absolute Gasteiger partial charge is 0.324 e. The van der Waals surface area contributed by atoms with Crippen molar-refractivity contribution in [3.63, 3.8) is 0 Å².